The lowest BCUT2D eigenvalue weighted by Crippen LogP contribution is -2.21. The van der Waals surface area contributed by atoms with Crippen LogP contribution in [0, 0.1) is 6.92 Å². The summed E-state index contributed by atoms with van der Waals surface area (Å²) in [5.41, 5.74) is 1.27. The van der Waals surface area contributed by atoms with E-state index in [4.69, 9.17) is 4.74 Å². The lowest BCUT2D eigenvalue weighted by atomic mass is 10.1. The highest BCUT2D eigenvalue weighted by atomic mass is 16.5. The molecule has 0 heterocycles. The molecule has 0 N–H and O–H groups in total. The van der Waals surface area contributed by atoms with Crippen molar-refractivity contribution in [1.29, 1.82) is 0 Å². The van der Waals surface area contributed by atoms with Gasteiger partial charge in [-0.3, -0.25) is 4.79 Å². The van der Waals surface area contributed by atoms with E-state index in [2.05, 4.69) is 4.74 Å². The van der Waals surface area contributed by atoms with Gasteiger partial charge in [-0.2, -0.15) is 0 Å². The first-order valence-electron chi connectivity index (χ1n) is 5.31. The van der Waals surface area contributed by atoms with Crippen LogP contribution in [0.1, 0.15) is 29.8 Å². The van der Waals surface area contributed by atoms with Crippen LogP contribution in [-0.4, -0.2) is 25.0 Å². The second-order valence-corrected chi connectivity index (χ2v) is 3.84. The van der Waals surface area contributed by atoms with Crippen molar-refractivity contribution in [3.05, 3.63) is 29.3 Å². The standard InChI is InChI=1S/C13H16O4/c1-8-5-6-11(13(15)16-4)7-12(8)17-10(3)9(2)14/h5-7,10H,1-4H3. The van der Waals surface area contributed by atoms with E-state index in [1.54, 1.807) is 25.1 Å². The van der Waals surface area contributed by atoms with Gasteiger partial charge in [-0.05, 0) is 38.5 Å². The number of ketones is 1. The Hall–Kier alpha value is -1.84. The van der Waals surface area contributed by atoms with E-state index in [0.717, 1.165) is 5.56 Å². The Labute approximate surface area is 101 Å². The normalized spacial score (nSPS) is 11.8. The summed E-state index contributed by atoms with van der Waals surface area (Å²) in [7, 11) is 1.32. The Bertz CT molecular complexity index is 437. The topological polar surface area (TPSA) is 52.6 Å². The van der Waals surface area contributed by atoms with E-state index >= 15 is 0 Å². The number of hydrogen-bond donors (Lipinski definition) is 0. The second-order valence-electron chi connectivity index (χ2n) is 3.84. The summed E-state index contributed by atoms with van der Waals surface area (Å²) in [6.07, 6.45) is -0.526. The Kier molecular flexibility index (Phi) is 4.26. The van der Waals surface area contributed by atoms with Crippen LogP contribution in [0.3, 0.4) is 0 Å². The van der Waals surface area contributed by atoms with Crippen molar-refractivity contribution in [1.82, 2.24) is 0 Å². The molecule has 0 bridgehead atoms. The lowest BCUT2D eigenvalue weighted by Gasteiger charge is -2.14. The molecule has 1 aromatic rings. The minimum Gasteiger partial charge on any atom is -0.483 e. The molecular weight excluding hydrogens is 220 g/mol. The smallest absolute Gasteiger partial charge is 0.337 e. The largest absolute Gasteiger partial charge is 0.483 e. The molecule has 17 heavy (non-hydrogen) atoms. The van der Waals surface area contributed by atoms with Crippen molar-refractivity contribution >= 4 is 11.8 Å². The van der Waals surface area contributed by atoms with E-state index in [9.17, 15) is 9.59 Å². The van der Waals surface area contributed by atoms with Crippen molar-refractivity contribution in [2.45, 2.75) is 26.9 Å². The molecule has 0 aliphatic heterocycles. The van der Waals surface area contributed by atoms with Gasteiger partial charge in [0.05, 0.1) is 12.7 Å². The fourth-order valence-corrected chi connectivity index (χ4v) is 1.25. The third-order valence-corrected chi connectivity index (χ3v) is 2.49. The van der Waals surface area contributed by atoms with E-state index in [1.165, 1.54) is 14.0 Å². The minimum atomic E-state index is -0.526. The van der Waals surface area contributed by atoms with Crippen molar-refractivity contribution in [2.75, 3.05) is 7.11 Å². The molecule has 0 aliphatic carbocycles. The Morgan fingerprint density at radius 3 is 2.47 bits per heavy atom. The molecule has 4 nitrogen and oxygen atoms in total. The van der Waals surface area contributed by atoms with Gasteiger partial charge in [-0.25, -0.2) is 4.79 Å². The SMILES string of the molecule is COC(=O)c1ccc(C)c(OC(C)C(C)=O)c1. The van der Waals surface area contributed by atoms with Gasteiger partial charge >= 0.3 is 5.97 Å². The summed E-state index contributed by atoms with van der Waals surface area (Å²) in [5.74, 6) is 0.0359. The zero-order chi connectivity index (χ0) is 13.0. The predicted molar refractivity (Wildman–Crippen MR) is 63.3 cm³/mol. The summed E-state index contributed by atoms with van der Waals surface area (Å²) in [5, 5.41) is 0. The molecule has 92 valence electrons. The second kappa shape index (κ2) is 5.48. The van der Waals surface area contributed by atoms with Gasteiger partial charge in [0.15, 0.2) is 11.9 Å². The highest BCUT2D eigenvalue weighted by molar-refractivity contribution is 5.90. The number of Topliss-reactive ketones (excluding diaryl/α,β-unsaturated/α-hetero) is 1. The summed E-state index contributed by atoms with van der Waals surface area (Å²) in [6.45, 7) is 4.99. The maximum Gasteiger partial charge on any atom is 0.337 e. The van der Waals surface area contributed by atoms with Gasteiger partial charge in [0, 0.05) is 0 Å². The fraction of sp³-hybridized carbons (Fsp3) is 0.385. The first-order chi connectivity index (χ1) is 7.95. The number of methoxy groups -OCH3 is 1. The Balaban J connectivity index is 2.98. The van der Waals surface area contributed by atoms with Gasteiger partial charge in [-0.15, -0.1) is 0 Å². The van der Waals surface area contributed by atoms with E-state index in [-0.39, 0.29) is 5.78 Å². The minimum absolute atomic E-state index is 0.0622. The predicted octanol–water partition coefficient (Wildman–Crippen LogP) is 2.14. The maximum absolute atomic E-state index is 11.4. The molecule has 1 rings (SSSR count). The molecule has 0 saturated heterocycles. The number of esters is 1. The van der Waals surface area contributed by atoms with Crippen LogP contribution in [0.5, 0.6) is 5.75 Å². The molecule has 4 heteroatoms. The van der Waals surface area contributed by atoms with Gasteiger partial charge < -0.3 is 9.47 Å². The quantitative estimate of drug-likeness (QED) is 0.751. The Morgan fingerprint density at radius 1 is 1.29 bits per heavy atom. The number of carbonyl (C=O) groups is 2. The van der Waals surface area contributed by atoms with Crippen molar-refractivity contribution in [3.63, 3.8) is 0 Å². The highest BCUT2D eigenvalue weighted by Crippen LogP contribution is 2.21. The average molecular weight is 236 g/mol. The van der Waals surface area contributed by atoms with Crippen molar-refractivity contribution in [2.24, 2.45) is 0 Å². The lowest BCUT2D eigenvalue weighted by molar-refractivity contribution is -0.122. The van der Waals surface area contributed by atoms with E-state index in [0.29, 0.717) is 11.3 Å². The molecular formula is C13H16O4. The number of ether oxygens (including phenoxy) is 2. The Morgan fingerprint density at radius 2 is 1.94 bits per heavy atom. The van der Waals surface area contributed by atoms with Crippen LogP contribution < -0.4 is 4.74 Å². The molecule has 0 fully saturated rings. The number of hydrogen-bond acceptors (Lipinski definition) is 4. The van der Waals surface area contributed by atoms with Gasteiger partial charge in [0.1, 0.15) is 5.75 Å². The van der Waals surface area contributed by atoms with Gasteiger partial charge in [0.2, 0.25) is 0 Å². The molecule has 0 aromatic heterocycles. The first kappa shape index (κ1) is 13.2. The van der Waals surface area contributed by atoms with Gasteiger partial charge in [0.25, 0.3) is 0 Å². The number of rotatable bonds is 4. The third kappa shape index (κ3) is 3.31. The van der Waals surface area contributed by atoms with E-state index < -0.39 is 12.1 Å². The third-order valence-electron chi connectivity index (χ3n) is 2.49. The summed E-state index contributed by atoms with van der Waals surface area (Å²) in [6, 6.07) is 5.00. The van der Waals surface area contributed by atoms with Crippen LogP contribution in [0.2, 0.25) is 0 Å². The monoisotopic (exact) mass is 236 g/mol. The average Bonchev–Trinajstić information content (AvgIpc) is 2.30. The highest BCUT2D eigenvalue weighted by Gasteiger charge is 2.13. The molecule has 0 radical (unpaired) electrons. The zero-order valence-electron chi connectivity index (χ0n) is 10.4. The zero-order valence-corrected chi connectivity index (χ0v) is 10.4. The molecule has 1 aromatic carbocycles. The molecule has 0 saturated carbocycles. The molecule has 0 spiro atoms. The van der Waals surface area contributed by atoms with Crippen molar-refractivity contribution in [3.8, 4) is 5.75 Å². The van der Waals surface area contributed by atoms with Crippen LogP contribution in [0.4, 0.5) is 0 Å². The van der Waals surface area contributed by atoms with E-state index in [1.807, 2.05) is 6.92 Å². The number of carbonyl (C=O) groups excluding carboxylic acids is 2. The van der Waals surface area contributed by atoms with Crippen LogP contribution in [-0.2, 0) is 9.53 Å². The van der Waals surface area contributed by atoms with Gasteiger partial charge in [-0.1, -0.05) is 6.07 Å². The summed E-state index contributed by atoms with van der Waals surface area (Å²) in [4.78, 5) is 22.5. The summed E-state index contributed by atoms with van der Waals surface area (Å²) >= 11 is 0. The molecule has 1 unspecified atom stereocenters. The first-order valence-corrected chi connectivity index (χ1v) is 5.31. The summed E-state index contributed by atoms with van der Waals surface area (Å²) < 4.78 is 10.1. The van der Waals surface area contributed by atoms with Crippen LogP contribution >= 0.6 is 0 Å². The van der Waals surface area contributed by atoms with Crippen LogP contribution in [0.25, 0.3) is 0 Å². The number of benzene rings is 1. The maximum atomic E-state index is 11.4. The molecule has 1 atom stereocenters. The number of aryl methyl sites for hydroxylation is 1. The van der Waals surface area contributed by atoms with Crippen LogP contribution in [0.15, 0.2) is 18.2 Å². The van der Waals surface area contributed by atoms with Crippen molar-refractivity contribution < 1.29 is 19.1 Å². The molecule has 0 amide bonds. The molecule has 0 aliphatic rings. The fourth-order valence-electron chi connectivity index (χ4n) is 1.25.